The highest BCUT2D eigenvalue weighted by Crippen LogP contribution is 2.06. The van der Waals surface area contributed by atoms with Gasteiger partial charge in [0.2, 0.25) is 5.95 Å². The van der Waals surface area contributed by atoms with Gasteiger partial charge in [-0.3, -0.25) is 0 Å². The Balaban J connectivity index is 3.06. The normalized spacial score (nSPS) is 9.90. The third-order valence-corrected chi connectivity index (χ3v) is 1.44. The maximum Gasteiger partial charge on any atom is 0.213 e. The van der Waals surface area contributed by atoms with Gasteiger partial charge in [0.05, 0.1) is 0 Å². The average Bonchev–Trinajstić information content (AvgIpc) is 1.85. The summed E-state index contributed by atoms with van der Waals surface area (Å²) in [6.45, 7) is 1.74. The van der Waals surface area contributed by atoms with Crippen LogP contribution in [0.1, 0.15) is 11.3 Å². The zero-order chi connectivity index (χ0) is 7.56. The Hall–Kier alpha value is -0.630. The van der Waals surface area contributed by atoms with Crippen LogP contribution >= 0.6 is 11.6 Å². The minimum atomic E-state index is -0.462. The summed E-state index contributed by atoms with van der Waals surface area (Å²) in [5.74, 6) is -0.129. The van der Waals surface area contributed by atoms with Gasteiger partial charge in [-0.2, -0.15) is 4.39 Å². The van der Waals surface area contributed by atoms with Gasteiger partial charge in [-0.25, -0.2) is 4.98 Å². The molecule has 0 fully saturated rings. The van der Waals surface area contributed by atoms with Crippen LogP contribution in [0.5, 0.6) is 0 Å². The molecule has 0 N–H and O–H groups in total. The molecule has 0 aliphatic carbocycles. The van der Waals surface area contributed by atoms with Gasteiger partial charge in [-0.05, 0) is 24.6 Å². The van der Waals surface area contributed by atoms with E-state index in [0.29, 0.717) is 11.6 Å². The van der Waals surface area contributed by atoms with Crippen molar-refractivity contribution in [1.29, 1.82) is 0 Å². The van der Waals surface area contributed by atoms with Crippen LogP contribution in [0.25, 0.3) is 0 Å². The molecule has 0 spiro atoms. The third-order valence-electron chi connectivity index (χ3n) is 1.14. The molecule has 0 saturated heterocycles. The molecule has 0 atom stereocenters. The topological polar surface area (TPSA) is 12.9 Å². The zero-order valence-electron chi connectivity index (χ0n) is 5.56. The molecule has 1 heterocycles. The molecular formula is C7H7ClFN. The van der Waals surface area contributed by atoms with Crippen molar-refractivity contribution in [3.05, 3.63) is 29.3 Å². The number of aryl methyl sites for hydroxylation is 1. The fourth-order valence-corrected chi connectivity index (χ4v) is 0.927. The number of halogens is 2. The van der Waals surface area contributed by atoms with E-state index >= 15 is 0 Å². The van der Waals surface area contributed by atoms with E-state index in [1.165, 1.54) is 6.07 Å². The molecule has 0 saturated carbocycles. The second kappa shape index (κ2) is 2.97. The smallest absolute Gasteiger partial charge is 0.213 e. The molecule has 1 aromatic rings. The molecule has 0 aliphatic heterocycles. The first-order valence-electron chi connectivity index (χ1n) is 2.91. The molecule has 3 heteroatoms. The third kappa shape index (κ3) is 1.67. The lowest BCUT2D eigenvalue weighted by Crippen LogP contribution is -1.89. The van der Waals surface area contributed by atoms with Crippen molar-refractivity contribution in [2.24, 2.45) is 0 Å². The first-order chi connectivity index (χ1) is 4.72. The number of aromatic nitrogens is 1. The Morgan fingerprint density at radius 2 is 2.30 bits per heavy atom. The largest absolute Gasteiger partial charge is 0.225 e. The first kappa shape index (κ1) is 7.48. The molecule has 1 nitrogen and oxygen atoms in total. The van der Waals surface area contributed by atoms with Gasteiger partial charge < -0.3 is 0 Å². The lowest BCUT2D eigenvalue weighted by molar-refractivity contribution is 0.578. The molecule has 0 aromatic carbocycles. The van der Waals surface area contributed by atoms with Gasteiger partial charge in [0.15, 0.2) is 0 Å². The van der Waals surface area contributed by atoms with E-state index in [-0.39, 0.29) is 0 Å². The fraction of sp³-hybridized carbons (Fsp3) is 0.286. The van der Waals surface area contributed by atoms with Gasteiger partial charge in [0.1, 0.15) is 0 Å². The van der Waals surface area contributed by atoms with Crippen LogP contribution in [0.3, 0.4) is 0 Å². The van der Waals surface area contributed by atoms with Crippen LogP contribution in [-0.4, -0.2) is 4.98 Å². The van der Waals surface area contributed by atoms with Gasteiger partial charge in [-0.1, -0.05) is 0 Å². The molecule has 10 heavy (non-hydrogen) atoms. The van der Waals surface area contributed by atoms with Gasteiger partial charge >= 0.3 is 0 Å². The Morgan fingerprint density at radius 3 is 2.80 bits per heavy atom. The maximum atomic E-state index is 12.4. The quantitative estimate of drug-likeness (QED) is 0.453. The van der Waals surface area contributed by atoms with Gasteiger partial charge in [-0.15, -0.1) is 11.6 Å². The van der Waals surface area contributed by atoms with E-state index in [1.807, 2.05) is 0 Å². The molecule has 0 radical (unpaired) electrons. The minimum Gasteiger partial charge on any atom is -0.225 e. The van der Waals surface area contributed by atoms with Crippen LogP contribution in [0.2, 0.25) is 0 Å². The molecule has 0 amide bonds. The van der Waals surface area contributed by atoms with E-state index in [1.54, 1.807) is 13.0 Å². The second-order valence-electron chi connectivity index (χ2n) is 2.07. The van der Waals surface area contributed by atoms with Crippen LogP contribution in [0, 0.1) is 12.9 Å². The molecule has 0 bridgehead atoms. The predicted molar refractivity (Wildman–Crippen MR) is 38.5 cm³/mol. The summed E-state index contributed by atoms with van der Waals surface area (Å²) in [4.78, 5) is 3.56. The summed E-state index contributed by atoms with van der Waals surface area (Å²) in [5.41, 5.74) is 1.43. The van der Waals surface area contributed by atoms with Crippen LogP contribution in [-0.2, 0) is 5.88 Å². The summed E-state index contributed by atoms with van der Waals surface area (Å²) >= 11 is 5.48. The van der Waals surface area contributed by atoms with Crippen molar-refractivity contribution in [2.45, 2.75) is 12.8 Å². The first-order valence-corrected chi connectivity index (χ1v) is 3.45. The second-order valence-corrected chi connectivity index (χ2v) is 2.34. The van der Waals surface area contributed by atoms with Crippen LogP contribution in [0.4, 0.5) is 4.39 Å². The molecular weight excluding hydrogens is 153 g/mol. The number of nitrogens with zero attached hydrogens (tertiary/aromatic N) is 1. The highest BCUT2D eigenvalue weighted by molar-refractivity contribution is 6.17. The molecule has 0 aliphatic rings. The summed E-state index contributed by atoms with van der Waals surface area (Å²) in [5, 5.41) is 0. The minimum absolute atomic E-state index is 0.334. The van der Waals surface area contributed by atoms with Crippen molar-refractivity contribution >= 4 is 11.6 Å². The van der Waals surface area contributed by atoms with Gasteiger partial charge in [0, 0.05) is 11.6 Å². The number of alkyl halides is 1. The monoisotopic (exact) mass is 159 g/mol. The van der Waals surface area contributed by atoms with E-state index in [9.17, 15) is 4.39 Å². The Morgan fingerprint density at radius 1 is 1.60 bits per heavy atom. The standard InChI is InChI=1S/C7H7ClFN/c1-5-2-6(4-8)3-7(9)10-5/h2-3H,4H2,1H3. The number of pyridine rings is 1. The van der Waals surface area contributed by atoms with E-state index in [0.717, 1.165) is 5.56 Å². The lowest BCUT2D eigenvalue weighted by Gasteiger charge is -1.96. The average molecular weight is 160 g/mol. The number of rotatable bonds is 1. The van der Waals surface area contributed by atoms with E-state index < -0.39 is 5.95 Å². The number of hydrogen-bond acceptors (Lipinski definition) is 1. The molecule has 54 valence electrons. The molecule has 0 unspecified atom stereocenters. The Bertz CT molecular complexity index is 217. The Kier molecular flexibility index (Phi) is 2.22. The van der Waals surface area contributed by atoms with E-state index in [2.05, 4.69) is 4.98 Å². The zero-order valence-corrected chi connectivity index (χ0v) is 6.32. The van der Waals surface area contributed by atoms with Crippen molar-refractivity contribution < 1.29 is 4.39 Å². The molecule has 1 aromatic heterocycles. The number of hydrogen-bond donors (Lipinski definition) is 0. The van der Waals surface area contributed by atoms with Crippen molar-refractivity contribution in [3.8, 4) is 0 Å². The summed E-state index contributed by atoms with van der Waals surface area (Å²) < 4.78 is 12.4. The summed E-state index contributed by atoms with van der Waals surface area (Å²) in [6, 6.07) is 3.09. The maximum absolute atomic E-state index is 12.4. The van der Waals surface area contributed by atoms with E-state index in [4.69, 9.17) is 11.6 Å². The van der Waals surface area contributed by atoms with Gasteiger partial charge in [0.25, 0.3) is 0 Å². The Labute approximate surface area is 63.8 Å². The lowest BCUT2D eigenvalue weighted by atomic mass is 10.2. The SMILES string of the molecule is Cc1cc(CCl)cc(F)n1. The van der Waals surface area contributed by atoms with Crippen LogP contribution < -0.4 is 0 Å². The molecule has 1 rings (SSSR count). The van der Waals surface area contributed by atoms with Crippen LogP contribution in [0.15, 0.2) is 12.1 Å². The highest BCUT2D eigenvalue weighted by atomic mass is 35.5. The van der Waals surface area contributed by atoms with Crippen molar-refractivity contribution in [1.82, 2.24) is 4.98 Å². The highest BCUT2D eigenvalue weighted by Gasteiger charge is 1.96. The van der Waals surface area contributed by atoms with Crippen molar-refractivity contribution in [2.75, 3.05) is 0 Å². The predicted octanol–water partition coefficient (Wildman–Crippen LogP) is 2.27. The summed E-state index contributed by atoms with van der Waals surface area (Å²) in [7, 11) is 0. The fourth-order valence-electron chi connectivity index (χ4n) is 0.773. The summed E-state index contributed by atoms with van der Waals surface area (Å²) in [6.07, 6.45) is 0. The van der Waals surface area contributed by atoms with Crippen molar-refractivity contribution in [3.63, 3.8) is 0 Å².